The van der Waals surface area contributed by atoms with E-state index >= 15 is 0 Å². The van der Waals surface area contributed by atoms with Gasteiger partial charge in [0.2, 0.25) is 0 Å². The first kappa shape index (κ1) is 15.6. The van der Waals surface area contributed by atoms with E-state index in [1.807, 2.05) is 35.3 Å². The summed E-state index contributed by atoms with van der Waals surface area (Å²) < 4.78 is 1.93. The van der Waals surface area contributed by atoms with Gasteiger partial charge in [-0.05, 0) is 31.0 Å². The third-order valence-electron chi connectivity index (χ3n) is 3.12. The second-order valence-electron chi connectivity index (χ2n) is 4.85. The highest BCUT2D eigenvalue weighted by atomic mass is 32.1. The molecule has 0 aliphatic rings. The van der Waals surface area contributed by atoms with Crippen LogP contribution in [0, 0.1) is 6.92 Å². The number of rotatable bonds is 6. The molecule has 21 heavy (non-hydrogen) atoms. The molecule has 5 nitrogen and oxygen atoms in total. The Morgan fingerprint density at radius 1 is 1.33 bits per heavy atom. The van der Waals surface area contributed by atoms with Gasteiger partial charge >= 0.3 is 0 Å². The number of aromatic nitrogens is 2. The summed E-state index contributed by atoms with van der Waals surface area (Å²) in [6.07, 6.45) is 5.01. The Morgan fingerprint density at radius 2 is 2.14 bits per heavy atom. The van der Waals surface area contributed by atoms with Crippen molar-refractivity contribution in [2.45, 2.75) is 33.4 Å². The lowest BCUT2D eigenvalue weighted by atomic mass is 10.4. The zero-order valence-electron chi connectivity index (χ0n) is 12.9. The molecule has 6 heteroatoms. The van der Waals surface area contributed by atoms with E-state index in [4.69, 9.17) is 0 Å². The highest BCUT2D eigenvalue weighted by molar-refractivity contribution is 7.11. The SMILES string of the molecule is CCc1ccc(CNC(=NC)NCCn2cc(C)cn2)s1. The lowest BCUT2D eigenvalue weighted by Crippen LogP contribution is -2.38. The standard InChI is InChI=1S/C15H23N5S/c1-4-13-5-6-14(21-13)10-18-15(16-3)17-7-8-20-11-12(2)9-19-20/h5-6,9,11H,4,7-8,10H2,1-3H3,(H2,16,17,18). The summed E-state index contributed by atoms with van der Waals surface area (Å²) in [7, 11) is 1.79. The van der Waals surface area contributed by atoms with Crippen LogP contribution in [0.3, 0.4) is 0 Å². The van der Waals surface area contributed by atoms with Crippen LogP contribution in [0.5, 0.6) is 0 Å². The van der Waals surface area contributed by atoms with E-state index in [1.54, 1.807) is 7.05 Å². The minimum Gasteiger partial charge on any atom is -0.355 e. The molecule has 0 fully saturated rings. The molecule has 2 aromatic heterocycles. The number of hydrogen-bond donors (Lipinski definition) is 2. The highest BCUT2D eigenvalue weighted by Gasteiger charge is 2.01. The molecule has 0 aliphatic carbocycles. The molecule has 0 amide bonds. The Labute approximate surface area is 130 Å². The number of nitrogens with zero attached hydrogens (tertiary/aromatic N) is 3. The van der Waals surface area contributed by atoms with Crippen molar-refractivity contribution in [3.05, 3.63) is 39.8 Å². The van der Waals surface area contributed by atoms with Crippen LogP contribution in [0.1, 0.15) is 22.2 Å². The summed E-state index contributed by atoms with van der Waals surface area (Å²) in [6.45, 7) is 6.66. The molecular weight excluding hydrogens is 282 g/mol. The van der Waals surface area contributed by atoms with Crippen molar-refractivity contribution in [2.24, 2.45) is 4.99 Å². The molecule has 0 aromatic carbocycles. The van der Waals surface area contributed by atoms with Gasteiger partial charge in [0, 0.05) is 29.5 Å². The molecule has 2 rings (SSSR count). The number of thiophene rings is 1. The van der Waals surface area contributed by atoms with Crippen LogP contribution < -0.4 is 10.6 Å². The predicted octanol–water partition coefficient (Wildman–Crippen LogP) is 2.18. The van der Waals surface area contributed by atoms with Crippen LogP contribution in [0.2, 0.25) is 0 Å². The summed E-state index contributed by atoms with van der Waals surface area (Å²) in [5.74, 6) is 0.824. The van der Waals surface area contributed by atoms with Crippen molar-refractivity contribution in [1.82, 2.24) is 20.4 Å². The molecule has 0 radical (unpaired) electrons. The molecule has 0 saturated heterocycles. The number of aliphatic imine (C=N–C) groups is 1. The Morgan fingerprint density at radius 3 is 2.76 bits per heavy atom. The molecule has 0 spiro atoms. The number of guanidine groups is 1. The second kappa shape index (κ2) is 7.83. The molecule has 0 atom stereocenters. The Balaban J connectivity index is 1.73. The van der Waals surface area contributed by atoms with E-state index in [9.17, 15) is 0 Å². The van der Waals surface area contributed by atoms with Gasteiger partial charge in [0.15, 0.2) is 5.96 Å². The molecule has 2 heterocycles. The summed E-state index contributed by atoms with van der Waals surface area (Å²) in [4.78, 5) is 6.99. The van der Waals surface area contributed by atoms with E-state index in [2.05, 4.69) is 39.8 Å². The molecule has 0 unspecified atom stereocenters. The van der Waals surface area contributed by atoms with Gasteiger partial charge in [-0.1, -0.05) is 6.92 Å². The van der Waals surface area contributed by atoms with Crippen LogP contribution in [-0.2, 0) is 19.5 Å². The predicted molar refractivity (Wildman–Crippen MR) is 88.9 cm³/mol. The minimum atomic E-state index is 0.797. The third kappa shape index (κ3) is 4.90. The van der Waals surface area contributed by atoms with Crippen LogP contribution in [0.25, 0.3) is 0 Å². The highest BCUT2D eigenvalue weighted by Crippen LogP contribution is 2.16. The van der Waals surface area contributed by atoms with Crippen molar-refractivity contribution < 1.29 is 0 Å². The number of nitrogens with one attached hydrogen (secondary N) is 2. The maximum atomic E-state index is 4.26. The van der Waals surface area contributed by atoms with Crippen LogP contribution in [-0.4, -0.2) is 29.3 Å². The normalized spacial score (nSPS) is 11.7. The maximum absolute atomic E-state index is 4.26. The zero-order chi connectivity index (χ0) is 15.1. The number of aryl methyl sites for hydroxylation is 2. The van der Waals surface area contributed by atoms with Gasteiger partial charge in [-0.2, -0.15) is 5.10 Å². The molecule has 2 aromatic rings. The topological polar surface area (TPSA) is 54.2 Å². The summed E-state index contributed by atoms with van der Waals surface area (Å²) >= 11 is 1.85. The Hall–Kier alpha value is -1.82. The van der Waals surface area contributed by atoms with E-state index in [0.717, 1.165) is 32.0 Å². The smallest absolute Gasteiger partial charge is 0.191 e. The van der Waals surface area contributed by atoms with Crippen molar-refractivity contribution in [1.29, 1.82) is 0 Å². The van der Waals surface area contributed by atoms with Gasteiger partial charge in [-0.3, -0.25) is 9.67 Å². The molecular formula is C15H23N5S. The average Bonchev–Trinajstić information content (AvgIpc) is 3.11. The summed E-state index contributed by atoms with van der Waals surface area (Å²) in [5, 5.41) is 10.9. The fourth-order valence-electron chi connectivity index (χ4n) is 1.98. The summed E-state index contributed by atoms with van der Waals surface area (Å²) in [6, 6.07) is 4.37. The fourth-order valence-corrected chi connectivity index (χ4v) is 2.87. The van der Waals surface area contributed by atoms with E-state index in [-0.39, 0.29) is 0 Å². The van der Waals surface area contributed by atoms with Crippen molar-refractivity contribution in [2.75, 3.05) is 13.6 Å². The minimum absolute atomic E-state index is 0.797. The Bertz CT molecular complexity index is 584. The van der Waals surface area contributed by atoms with Crippen LogP contribution in [0.15, 0.2) is 29.5 Å². The first-order valence-electron chi connectivity index (χ1n) is 7.22. The molecule has 0 bridgehead atoms. The fraction of sp³-hybridized carbons (Fsp3) is 0.467. The molecule has 0 aliphatic heterocycles. The van der Waals surface area contributed by atoms with Crippen molar-refractivity contribution >= 4 is 17.3 Å². The van der Waals surface area contributed by atoms with Crippen molar-refractivity contribution in [3.8, 4) is 0 Å². The Kier molecular flexibility index (Phi) is 5.80. The monoisotopic (exact) mass is 305 g/mol. The van der Waals surface area contributed by atoms with Crippen LogP contribution >= 0.6 is 11.3 Å². The molecule has 0 saturated carbocycles. The van der Waals surface area contributed by atoms with Gasteiger partial charge in [0.25, 0.3) is 0 Å². The van der Waals surface area contributed by atoms with E-state index in [1.165, 1.54) is 15.3 Å². The third-order valence-corrected chi connectivity index (χ3v) is 4.34. The van der Waals surface area contributed by atoms with Crippen LogP contribution in [0.4, 0.5) is 0 Å². The lowest BCUT2D eigenvalue weighted by molar-refractivity contribution is 0.597. The first-order valence-corrected chi connectivity index (χ1v) is 8.04. The van der Waals surface area contributed by atoms with Gasteiger partial charge in [0.1, 0.15) is 0 Å². The second-order valence-corrected chi connectivity index (χ2v) is 6.11. The van der Waals surface area contributed by atoms with E-state index in [0.29, 0.717) is 0 Å². The van der Waals surface area contributed by atoms with Gasteiger partial charge in [-0.15, -0.1) is 11.3 Å². The number of hydrogen-bond acceptors (Lipinski definition) is 3. The van der Waals surface area contributed by atoms with Gasteiger partial charge in [-0.25, -0.2) is 0 Å². The maximum Gasteiger partial charge on any atom is 0.191 e. The van der Waals surface area contributed by atoms with Gasteiger partial charge in [0.05, 0.1) is 19.3 Å². The zero-order valence-corrected chi connectivity index (χ0v) is 13.7. The van der Waals surface area contributed by atoms with Gasteiger partial charge < -0.3 is 10.6 Å². The molecule has 114 valence electrons. The molecule has 2 N–H and O–H groups in total. The van der Waals surface area contributed by atoms with E-state index < -0.39 is 0 Å². The first-order chi connectivity index (χ1) is 10.2. The largest absolute Gasteiger partial charge is 0.355 e. The summed E-state index contributed by atoms with van der Waals surface area (Å²) in [5.41, 5.74) is 1.18. The quantitative estimate of drug-likeness (QED) is 0.635. The average molecular weight is 305 g/mol. The van der Waals surface area contributed by atoms with Crippen molar-refractivity contribution in [3.63, 3.8) is 0 Å². The lowest BCUT2D eigenvalue weighted by Gasteiger charge is -2.11.